The lowest BCUT2D eigenvalue weighted by molar-refractivity contribution is 0.0524. The molecule has 1 amide bonds. The lowest BCUT2D eigenvalue weighted by Crippen LogP contribution is -2.45. The summed E-state index contributed by atoms with van der Waals surface area (Å²) in [5.74, 6) is 0.0134. The minimum Gasteiger partial charge on any atom is -0.497 e. The Balaban J connectivity index is 1.95. The van der Waals surface area contributed by atoms with Crippen molar-refractivity contribution >= 4 is 21.8 Å². The molecule has 0 spiro atoms. The van der Waals surface area contributed by atoms with Gasteiger partial charge in [-0.15, -0.1) is 0 Å². The molecule has 0 saturated carbocycles. The molecule has 30 heavy (non-hydrogen) atoms. The molecule has 154 valence electrons. The van der Waals surface area contributed by atoms with Gasteiger partial charge in [0.1, 0.15) is 23.3 Å². The van der Waals surface area contributed by atoms with E-state index in [4.69, 9.17) is 4.74 Å². The summed E-state index contributed by atoms with van der Waals surface area (Å²) in [5.41, 5.74) is 2.18. The molecule has 2 aromatic carbocycles. The van der Waals surface area contributed by atoms with Gasteiger partial charge in [-0.2, -0.15) is 0 Å². The maximum Gasteiger partial charge on any atom is 0.255 e. The van der Waals surface area contributed by atoms with Crippen LogP contribution in [0.2, 0.25) is 0 Å². The molecule has 1 aliphatic rings. The molecule has 2 atom stereocenters. The summed E-state index contributed by atoms with van der Waals surface area (Å²) in [7, 11) is 1.61. The van der Waals surface area contributed by atoms with Crippen LogP contribution in [0.25, 0.3) is 0 Å². The number of rotatable bonds is 4. The van der Waals surface area contributed by atoms with E-state index in [1.807, 2.05) is 51.1 Å². The number of ether oxygens (including phenoxy) is 1. The second-order valence-corrected chi connectivity index (χ2v) is 8.48. The van der Waals surface area contributed by atoms with E-state index in [1.54, 1.807) is 18.1 Å². The molecular formula is C23H21BrFN3O2. The maximum atomic E-state index is 15.0. The summed E-state index contributed by atoms with van der Waals surface area (Å²) in [6.07, 6.45) is 2.46. The lowest BCUT2D eigenvalue weighted by atomic mass is 9.84. The van der Waals surface area contributed by atoms with Gasteiger partial charge in [0.2, 0.25) is 0 Å². The highest BCUT2D eigenvalue weighted by Gasteiger charge is 2.52. The Kier molecular flexibility index (Phi) is 5.10. The number of hydrogen-bond acceptors (Lipinski definition) is 4. The third kappa shape index (κ3) is 2.99. The predicted octanol–water partition coefficient (Wildman–Crippen LogP) is 5.18. The standard InChI is InChI=1S/C23H21BrFN3O2/c1-13-9-16(24)10-18-20(13)23(3,21-19(25)11-26-12-27-21)28(22(18)29)14(2)15-5-7-17(30-4)8-6-15/h5-12,14H,1-4H3/t14-,23?/m1/s1. The maximum absolute atomic E-state index is 15.0. The van der Waals surface area contributed by atoms with Gasteiger partial charge in [0, 0.05) is 10.0 Å². The van der Waals surface area contributed by atoms with Gasteiger partial charge in [0.15, 0.2) is 5.82 Å². The molecule has 0 N–H and O–H groups in total. The average molecular weight is 470 g/mol. The van der Waals surface area contributed by atoms with Crippen LogP contribution in [0.1, 0.15) is 52.6 Å². The van der Waals surface area contributed by atoms with Crippen LogP contribution in [0.4, 0.5) is 4.39 Å². The summed E-state index contributed by atoms with van der Waals surface area (Å²) >= 11 is 3.48. The largest absolute Gasteiger partial charge is 0.497 e. The smallest absolute Gasteiger partial charge is 0.255 e. The van der Waals surface area contributed by atoms with Crippen LogP contribution in [0, 0.1) is 12.7 Å². The molecule has 0 saturated heterocycles. The van der Waals surface area contributed by atoms with Gasteiger partial charge in [-0.3, -0.25) is 4.79 Å². The molecule has 1 aromatic heterocycles. The first-order valence-electron chi connectivity index (χ1n) is 9.53. The van der Waals surface area contributed by atoms with Crippen molar-refractivity contribution in [1.29, 1.82) is 0 Å². The first kappa shape index (κ1) is 20.5. The number of fused-ring (bicyclic) bond motifs is 1. The lowest BCUT2D eigenvalue weighted by Gasteiger charge is -2.40. The van der Waals surface area contributed by atoms with Crippen molar-refractivity contribution in [2.75, 3.05) is 7.11 Å². The summed E-state index contributed by atoms with van der Waals surface area (Å²) in [4.78, 5) is 23.4. The highest BCUT2D eigenvalue weighted by molar-refractivity contribution is 9.10. The number of benzene rings is 2. The van der Waals surface area contributed by atoms with Crippen molar-refractivity contribution in [2.45, 2.75) is 32.4 Å². The van der Waals surface area contributed by atoms with Gasteiger partial charge in [-0.05, 0) is 61.7 Å². The van der Waals surface area contributed by atoms with Gasteiger partial charge in [-0.1, -0.05) is 28.1 Å². The Morgan fingerprint density at radius 1 is 1.23 bits per heavy atom. The summed E-state index contributed by atoms with van der Waals surface area (Å²) in [6, 6.07) is 10.9. The molecule has 5 nitrogen and oxygen atoms in total. The second kappa shape index (κ2) is 7.47. The Morgan fingerprint density at radius 2 is 1.93 bits per heavy atom. The van der Waals surface area contributed by atoms with E-state index in [1.165, 1.54) is 6.33 Å². The molecule has 4 rings (SSSR count). The van der Waals surface area contributed by atoms with Crippen molar-refractivity contribution in [3.05, 3.63) is 87.2 Å². The van der Waals surface area contributed by atoms with Crippen LogP contribution in [0.3, 0.4) is 0 Å². The van der Waals surface area contributed by atoms with E-state index in [0.717, 1.165) is 33.1 Å². The zero-order chi connectivity index (χ0) is 21.6. The van der Waals surface area contributed by atoms with E-state index in [0.29, 0.717) is 5.56 Å². The zero-order valence-corrected chi connectivity index (χ0v) is 18.7. The molecule has 1 unspecified atom stereocenters. The van der Waals surface area contributed by atoms with E-state index in [2.05, 4.69) is 25.9 Å². The summed E-state index contributed by atoms with van der Waals surface area (Å²) in [6.45, 7) is 5.71. The third-order valence-corrected chi connectivity index (χ3v) is 6.29. The van der Waals surface area contributed by atoms with Gasteiger partial charge in [0.05, 0.1) is 19.3 Å². The minimum atomic E-state index is -1.09. The van der Waals surface area contributed by atoms with Crippen molar-refractivity contribution in [3.8, 4) is 5.75 Å². The van der Waals surface area contributed by atoms with E-state index in [9.17, 15) is 9.18 Å². The number of methoxy groups -OCH3 is 1. The first-order valence-corrected chi connectivity index (χ1v) is 10.3. The fourth-order valence-corrected chi connectivity index (χ4v) is 5.08. The van der Waals surface area contributed by atoms with Gasteiger partial charge >= 0.3 is 0 Å². The third-order valence-electron chi connectivity index (χ3n) is 5.83. The normalized spacial score (nSPS) is 19.0. The molecule has 2 heterocycles. The number of amides is 1. The number of carbonyl (C=O) groups is 1. The predicted molar refractivity (Wildman–Crippen MR) is 115 cm³/mol. The van der Waals surface area contributed by atoms with Gasteiger partial charge < -0.3 is 9.64 Å². The number of aryl methyl sites for hydroxylation is 1. The van der Waals surface area contributed by atoms with E-state index in [-0.39, 0.29) is 17.6 Å². The van der Waals surface area contributed by atoms with Crippen molar-refractivity contribution in [1.82, 2.24) is 14.9 Å². The minimum absolute atomic E-state index is 0.168. The van der Waals surface area contributed by atoms with Crippen LogP contribution in [0.15, 0.2) is 53.4 Å². The van der Waals surface area contributed by atoms with Crippen molar-refractivity contribution in [3.63, 3.8) is 0 Å². The quantitative estimate of drug-likeness (QED) is 0.528. The Hall–Kier alpha value is -2.80. The SMILES string of the molecule is COc1ccc([C@@H](C)N2C(=O)c3cc(Br)cc(C)c3C2(C)c2ncncc2F)cc1. The fraction of sp³-hybridized carbons (Fsp3) is 0.261. The molecule has 0 fully saturated rings. The molecule has 0 radical (unpaired) electrons. The first-order chi connectivity index (χ1) is 14.3. The zero-order valence-electron chi connectivity index (χ0n) is 17.1. The highest BCUT2D eigenvalue weighted by Crippen LogP contribution is 2.50. The van der Waals surface area contributed by atoms with E-state index < -0.39 is 11.4 Å². The average Bonchev–Trinajstić information content (AvgIpc) is 2.95. The molecule has 7 heteroatoms. The van der Waals surface area contributed by atoms with Gasteiger partial charge in [0.25, 0.3) is 5.91 Å². The van der Waals surface area contributed by atoms with Crippen LogP contribution in [-0.4, -0.2) is 27.9 Å². The molecule has 1 aliphatic heterocycles. The Morgan fingerprint density at radius 3 is 2.57 bits per heavy atom. The number of nitrogens with zero attached hydrogens (tertiary/aromatic N) is 3. The van der Waals surface area contributed by atoms with Crippen LogP contribution in [-0.2, 0) is 5.54 Å². The molecule has 0 bridgehead atoms. The van der Waals surface area contributed by atoms with Crippen molar-refractivity contribution in [2.24, 2.45) is 0 Å². The Bertz CT molecular complexity index is 1140. The van der Waals surface area contributed by atoms with Crippen LogP contribution in [0.5, 0.6) is 5.75 Å². The van der Waals surface area contributed by atoms with Crippen LogP contribution >= 0.6 is 15.9 Å². The monoisotopic (exact) mass is 469 g/mol. The molecule has 0 aliphatic carbocycles. The number of carbonyl (C=O) groups excluding carboxylic acids is 1. The van der Waals surface area contributed by atoms with Gasteiger partial charge in [-0.25, -0.2) is 14.4 Å². The van der Waals surface area contributed by atoms with Crippen LogP contribution < -0.4 is 4.74 Å². The highest BCUT2D eigenvalue weighted by atomic mass is 79.9. The number of halogens is 2. The summed E-state index contributed by atoms with van der Waals surface area (Å²) < 4.78 is 21.0. The Labute approximate surface area is 183 Å². The molecule has 3 aromatic rings. The number of hydrogen-bond donors (Lipinski definition) is 0. The molecular weight excluding hydrogens is 449 g/mol. The van der Waals surface area contributed by atoms with Crippen molar-refractivity contribution < 1.29 is 13.9 Å². The topological polar surface area (TPSA) is 55.3 Å². The second-order valence-electron chi connectivity index (χ2n) is 7.56. The summed E-state index contributed by atoms with van der Waals surface area (Å²) in [5, 5.41) is 0. The fourth-order valence-electron chi connectivity index (χ4n) is 4.51. The number of aromatic nitrogens is 2. The van der Waals surface area contributed by atoms with E-state index >= 15 is 0 Å².